The summed E-state index contributed by atoms with van der Waals surface area (Å²) in [6.07, 6.45) is 1.49. The van der Waals surface area contributed by atoms with E-state index in [-0.39, 0.29) is 5.91 Å². The van der Waals surface area contributed by atoms with E-state index in [2.05, 4.69) is 25.5 Å². The predicted octanol–water partition coefficient (Wildman–Crippen LogP) is 3.86. The topological polar surface area (TPSA) is 86.5 Å². The Morgan fingerprint density at radius 1 is 1.08 bits per heavy atom. The molecule has 2 aromatic carbocycles. The first-order chi connectivity index (χ1) is 11.7. The zero-order valence-electron chi connectivity index (χ0n) is 12.4. The molecule has 24 heavy (non-hydrogen) atoms. The average Bonchev–Trinajstić information content (AvgIpc) is 3.21. The number of nitrogens with zero attached hydrogens (tertiary/aromatic N) is 2. The predicted molar refractivity (Wildman–Crippen MR) is 93.1 cm³/mol. The maximum Gasteiger partial charge on any atom is 0.261 e. The van der Waals surface area contributed by atoms with Crippen molar-refractivity contribution in [3.63, 3.8) is 0 Å². The van der Waals surface area contributed by atoms with Crippen LogP contribution in [0.25, 0.3) is 22.3 Å². The van der Waals surface area contributed by atoms with Crippen molar-refractivity contribution < 1.29 is 4.79 Å². The Morgan fingerprint density at radius 2 is 1.88 bits per heavy atom. The fourth-order valence-corrected chi connectivity index (χ4v) is 2.61. The Bertz CT molecular complexity index is 986. The van der Waals surface area contributed by atoms with Gasteiger partial charge in [0.05, 0.1) is 28.5 Å². The number of hydrogen-bond donors (Lipinski definition) is 3. The van der Waals surface area contributed by atoms with Gasteiger partial charge in [-0.15, -0.1) is 0 Å². The largest absolute Gasteiger partial charge is 0.324 e. The minimum Gasteiger partial charge on any atom is -0.324 e. The smallest absolute Gasteiger partial charge is 0.261 e. The van der Waals surface area contributed by atoms with Crippen molar-refractivity contribution >= 4 is 34.5 Å². The Balaban J connectivity index is 1.63. The van der Waals surface area contributed by atoms with E-state index in [0.717, 1.165) is 16.6 Å². The van der Waals surface area contributed by atoms with E-state index in [0.29, 0.717) is 22.2 Å². The summed E-state index contributed by atoms with van der Waals surface area (Å²) < 4.78 is 0. The molecule has 0 aliphatic rings. The van der Waals surface area contributed by atoms with Crippen LogP contribution in [0.4, 0.5) is 5.95 Å². The Hall–Kier alpha value is -3.12. The second-order valence-electron chi connectivity index (χ2n) is 5.22. The fraction of sp³-hybridized carbons (Fsp3) is 0. The van der Waals surface area contributed by atoms with Gasteiger partial charge in [0.15, 0.2) is 0 Å². The quantitative estimate of drug-likeness (QED) is 0.530. The molecular formula is C17H12ClN5O. The van der Waals surface area contributed by atoms with Gasteiger partial charge in [-0.3, -0.25) is 15.2 Å². The van der Waals surface area contributed by atoms with Gasteiger partial charge < -0.3 is 4.98 Å². The Labute approximate surface area is 141 Å². The lowest BCUT2D eigenvalue weighted by Gasteiger charge is -2.03. The van der Waals surface area contributed by atoms with Crippen molar-refractivity contribution in [2.24, 2.45) is 0 Å². The van der Waals surface area contributed by atoms with Crippen LogP contribution in [0.3, 0.4) is 0 Å². The van der Waals surface area contributed by atoms with Gasteiger partial charge in [0, 0.05) is 10.6 Å². The lowest BCUT2D eigenvalue weighted by molar-refractivity contribution is 0.102. The molecule has 2 aromatic heterocycles. The standard InChI is InChI=1S/C17H12ClN5O/c18-11-7-5-10(6-8-11)15-12(9-19-23-15)16(24)22-17-20-13-3-1-2-4-14(13)21-17/h1-9H,(H,19,23)(H2,20,21,22,24). The van der Waals surface area contributed by atoms with Crippen LogP contribution in [0.5, 0.6) is 0 Å². The molecule has 0 spiro atoms. The Morgan fingerprint density at radius 3 is 2.67 bits per heavy atom. The third-order valence-corrected chi connectivity index (χ3v) is 3.89. The summed E-state index contributed by atoms with van der Waals surface area (Å²) in [5.74, 6) is 0.0946. The summed E-state index contributed by atoms with van der Waals surface area (Å²) in [6, 6.07) is 14.7. The number of carbonyl (C=O) groups is 1. The highest BCUT2D eigenvalue weighted by Gasteiger charge is 2.16. The van der Waals surface area contributed by atoms with Crippen molar-refractivity contribution in [3.8, 4) is 11.3 Å². The monoisotopic (exact) mass is 337 g/mol. The molecule has 0 saturated carbocycles. The van der Waals surface area contributed by atoms with Gasteiger partial charge in [0.25, 0.3) is 5.91 Å². The first-order valence-electron chi connectivity index (χ1n) is 7.26. The number of benzene rings is 2. The number of rotatable bonds is 3. The van der Waals surface area contributed by atoms with Crippen molar-refractivity contribution in [2.45, 2.75) is 0 Å². The first kappa shape index (κ1) is 14.5. The molecular weight excluding hydrogens is 326 g/mol. The normalized spacial score (nSPS) is 10.9. The van der Waals surface area contributed by atoms with E-state index in [9.17, 15) is 4.79 Å². The lowest BCUT2D eigenvalue weighted by atomic mass is 10.1. The van der Waals surface area contributed by atoms with Gasteiger partial charge in [-0.1, -0.05) is 35.9 Å². The second kappa shape index (κ2) is 5.82. The number of aromatic amines is 2. The van der Waals surface area contributed by atoms with Crippen LogP contribution >= 0.6 is 11.6 Å². The van der Waals surface area contributed by atoms with Crippen molar-refractivity contribution in [1.82, 2.24) is 20.2 Å². The molecule has 2 heterocycles. The van der Waals surface area contributed by atoms with Crippen molar-refractivity contribution in [3.05, 3.63) is 65.3 Å². The fourth-order valence-electron chi connectivity index (χ4n) is 2.48. The molecule has 0 atom stereocenters. The van der Waals surface area contributed by atoms with E-state index in [1.165, 1.54) is 6.20 Å². The summed E-state index contributed by atoms with van der Waals surface area (Å²) in [6.45, 7) is 0. The number of halogens is 1. The number of H-pyrrole nitrogens is 2. The van der Waals surface area contributed by atoms with Crippen LogP contribution in [0, 0.1) is 0 Å². The van der Waals surface area contributed by atoms with Crippen molar-refractivity contribution in [2.75, 3.05) is 5.32 Å². The Kier molecular flexibility index (Phi) is 3.51. The molecule has 0 saturated heterocycles. The van der Waals surface area contributed by atoms with Gasteiger partial charge in [0.1, 0.15) is 0 Å². The second-order valence-corrected chi connectivity index (χ2v) is 5.66. The number of fused-ring (bicyclic) bond motifs is 1. The average molecular weight is 338 g/mol. The molecule has 0 unspecified atom stereocenters. The molecule has 0 aliphatic carbocycles. The molecule has 3 N–H and O–H groups in total. The van der Waals surface area contributed by atoms with Crippen molar-refractivity contribution in [1.29, 1.82) is 0 Å². The van der Waals surface area contributed by atoms with Gasteiger partial charge in [-0.2, -0.15) is 5.10 Å². The number of imidazole rings is 1. The first-order valence-corrected chi connectivity index (χ1v) is 7.64. The minimum absolute atomic E-state index is 0.298. The SMILES string of the molecule is O=C(Nc1nc2ccccc2[nH]1)c1cn[nH]c1-c1ccc(Cl)cc1. The third kappa shape index (κ3) is 2.63. The number of para-hydroxylation sites is 2. The summed E-state index contributed by atoms with van der Waals surface area (Å²) in [5, 5.41) is 10.2. The van der Waals surface area contributed by atoms with Gasteiger partial charge in [-0.25, -0.2) is 4.98 Å². The third-order valence-electron chi connectivity index (χ3n) is 3.64. The molecule has 7 heteroatoms. The van der Waals surface area contributed by atoms with E-state index in [1.807, 2.05) is 36.4 Å². The highest BCUT2D eigenvalue weighted by Crippen LogP contribution is 2.23. The summed E-state index contributed by atoms with van der Waals surface area (Å²) in [7, 11) is 0. The summed E-state index contributed by atoms with van der Waals surface area (Å²) >= 11 is 5.90. The molecule has 0 aliphatic heterocycles. The molecule has 6 nitrogen and oxygen atoms in total. The van der Waals surface area contributed by atoms with Crippen LogP contribution in [0.15, 0.2) is 54.7 Å². The minimum atomic E-state index is -0.298. The van der Waals surface area contributed by atoms with Crippen LogP contribution < -0.4 is 5.32 Å². The van der Waals surface area contributed by atoms with Crippen LogP contribution in [-0.4, -0.2) is 26.1 Å². The molecule has 4 aromatic rings. The van der Waals surface area contributed by atoms with E-state index >= 15 is 0 Å². The molecule has 0 fully saturated rings. The van der Waals surface area contributed by atoms with Gasteiger partial charge in [0.2, 0.25) is 5.95 Å². The maximum atomic E-state index is 12.6. The molecule has 0 bridgehead atoms. The number of hydrogen-bond acceptors (Lipinski definition) is 3. The van der Waals surface area contributed by atoms with E-state index in [4.69, 9.17) is 11.6 Å². The summed E-state index contributed by atoms with van der Waals surface area (Å²) in [4.78, 5) is 20.0. The number of aromatic nitrogens is 4. The lowest BCUT2D eigenvalue weighted by Crippen LogP contribution is -2.13. The van der Waals surface area contributed by atoms with E-state index < -0.39 is 0 Å². The number of anilines is 1. The summed E-state index contributed by atoms with van der Waals surface area (Å²) in [5.41, 5.74) is 3.53. The molecule has 1 amide bonds. The molecule has 0 radical (unpaired) electrons. The molecule has 118 valence electrons. The molecule has 4 rings (SSSR count). The van der Waals surface area contributed by atoms with Crippen LogP contribution in [-0.2, 0) is 0 Å². The number of amides is 1. The van der Waals surface area contributed by atoms with E-state index in [1.54, 1.807) is 12.1 Å². The van der Waals surface area contributed by atoms with Gasteiger partial charge in [-0.05, 0) is 24.3 Å². The number of nitrogens with one attached hydrogen (secondary N) is 3. The van der Waals surface area contributed by atoms with Crippen LogP contribution in [0.1, 0.15) is 10.4 Å². The zero-order chi connectivity index (χ0) is 16.5. The van der Waals surface area contributed by atoms with Gasteiger partial charge >= 0.3 is 0 Å². The number of carbonyl (C=O) groups excluding carboxylic acids is 1. The maximum absolute atomic E-state index is 12.6. The zero-order valence-corrected chi connectivity index (χ0v) is 13.1. The highest BCUT2D eigenvalue weighted by atomic mass is 35.5. The van der Waals surface area contributed by atoms with Crippen LogP contribution in [0.2, 0.25) is 5.02 Å². The highest BCUT2D eigenvalue weighted by molar-refractivity contribution is 6.30.